The smallest absolute Gasteiger partial charge is 0.389 e. The van der Waals surface area contributed by atoms with Gasteiger partial charge in [-0.15, -0.1) is 0 Å². The van der Waals surface area contributed by atoms with Crippen molar-refractivity contribution in [3.05, 3.63) is 24.3 Å². The van der Waals surface area contributed by atoms with Gasteiger partial charge in [-0.05, 0) is 38.3 Å². The molecule has 0 aliphatic rings. The Labute approximate surface area is 118 Å². The van der Waals surface area contributed by atoms with E-state index in [0.29, 0.717) is 13.0 Å². The van der Waals surface area contributed by atoms with Crippen LogP contribution in [0.25, 0.3) is 0 Å². The van der Waals surface area contributed by atoms with Crippen molar-refractivity contribution in [2.75, 3.05) is 11.9 Å². The lowest BCUT2D eigenvalue weighted by Crippen LogP contribution is -2.17. The Bertz CT molecular complexity index is 393. The maximum absolute atomic E-state index is 12.1. The Kier molecular flexibility index (Phi) is 6.68. The maximum atomic E-state index is 12.1. The van der Waals surface area contributed by atoms with E-state index in [0.717, 1.165) is 17.9 Å². The Morgan fingerprint density at radius 2 is 1.95 bits per heavy atom. The maximum Gasteiger partial charge on any atom is 0.389 e. The van der Waals surface area contributed by atoms with Gasteiger partial charge in [0.2, 0.25) is 0 Å². The van der Waals surface area contributed by atoms with Gasteiger partial charge in [0, 0.05) is 12.5 Å². The van der Waals surface area contributed by atoms with Crippen molar-refractivity contribution in [3.63, 3.8) is 0 Å². The van der Waals surface area contributed by atoms with Gasteiger partial charge < -0.3 is 10.1 Å². The first-order valence-electron chi connectivity index (χ1n) is 6.97. The summed E-state index contributed by atoms with van der Waals surface area (Å²) in [6, 6.07) is 7.48. The van der Waals surface area contributed by atoms with Crippen LogP contribution in [-0.2, 0) is 0 Å². The molecule has 0 aliphatic heterocycles. The van der Waals surface area contributed by atoms with Gasteiger partial charge in [-0.2, -0.15) is 13.2 Å². The summed E-state index contributed by atoms with van der Waals surface area (Å²) in [6.45, 7) is 4.53. The average Bonchev–Trinajstić information content (AvgIpc) is 2.36. The predicted molar refractivity (Wildman–Crippen MR) is 75.2 cm³/mol. The molecule has 0 saturated heterocycles. The molecule has 0 spiro atoms. The molecule has 1 N–H and O–H groups in total. The second kappa shape index (κ2) is 8.02. The number of alkyl halides is 3. The molecule has 1 aromatic rings. The molecule has 1 unspecified atom stereocenters. The lowest BCUT2D eigenvalue weighted by molar-refractivity contribution is -0.135. The molecule has 20 heavy (non-hydrogen) atoms. The minimum atomic E-state index is -4.07. The molecule has 114 valence electrons. The summed E-state index contributed by atoms with van der Waals surface area (Å²) in [5.41, 5.74) is 0.834. The van der Waals surface area contributed by atoms with Crippen molar-refractivity contribution >= 4 is 5.69 Å². The van der Waals surface area contributed by atoms with Crippen LogP contribution in [0.3, 0.4) is 0 Å². The van der Waals surface area contributed by atoms with E-state index in [2.05, 4.69) is 5.32 Å². The zero-order valence-electron chi connectivity index (χ0n) is 12.0. The van der Waals surface area contributed by atoms with Crippen molar-refractivity contribution < 1.29 is 17.9 Å². The lowest BCUT2D eigenvalue weighted by Gasteiger charge is -2.18. The van der Waals surface area contributed by atoms with Gasteiger partial charge in [-0.3, -0.25) is 0 Å². The standard InChI is InChI=1S/C15H22F3NO/c1-3-11-20-14-9-5-4-8-13(14)19-12(2)7-6-10-15(16,17)18/h4-5,8-9,12,19H,3,6-7,10-11H2,1-2H3. The minimum Gasteiger partial charge on any atom is -0.491 e. The molecule has 0 radical (unpaired) electrons. The zero-order valence-corrected chi connectivity index (χ0v) is 12.0. The first kappa shape index (κ1) is 16.7. The number of nitrogens with one attached hydrogen (secondary N) is 1. The monoisotopic (exact) mass is 289 g/mol. The fourth-order valence-electron chi connectivity index (χ4n) is 1.87. The van der Waals surface area contributed by atoms with Gasteiger partial charge in [0.15, 0.2) is 0 Å². The van der Waals surface area contributed by atoms with Crippen LogP contribution in [0.2, 0.25) is 0 Å². The van der Waals surface area contributed by atoms with Gasteiger partial charge in [-0.1, -0.05) is 19.1 Å². The Balaban J connectivity index is 2.46. The molecule has 0 fully saturated rings. The zero-order chi connectivity index (χ0) is 15.0. The second-order valence-electron chi connectivity index (χ2n) is 4.90. The van der Waals surface area contributed by atoms with Crippen molar-refractivity contribution in [3.8, 4) is 5.75 Å². The molecule has 0 aromatic heterocycles. The van der Waals surface area contributed by atoms with Crippen LogP contribution in [-0.4, -0.2) is 18.8 Å². The van der Waals surface area contributed by atoms with E-state index in [1.165, 1.54) is 0 Å². The quantitative estimate of drug-likeness (QED) is 0.726. The first-order valence-corrected chi connectivity index (χ1v) is 6.97. The highest BCUT2D eigenvalue weighted by atomic mass is 19.4. The van der Waals surface area contributed by atoms with Crippen LogP contribution in [0.4, 0.5) is 18.9 Å². The van der Waals surface area contributed by atoms with Crippen molar-refractivity contribution in [2.24, 2.45) is 0 Å². The fraction of sp³-hybridized carbons (Fsp3) is 0.600. The number of benzene rings is 1. The van der Waals surface area contributed by atoms with Gasteiger partial charge in [-0.25, -0.2) is 0 Å². The number of ether oxygens (including phenoxy) is 1. The van der Waals surface area contributed by atoms with E-state index in [9.17, 15) is 13.2 Å². The second-order valence-corrected chi connectivity index (χ2v) is 4.90. The molecular formula is C15H22F3NO. The summed E-state index contributed by atoms with van der Waals surface area (Å²) in [6.07, 6.45) is -3.28. The number of para-hydroxylation sites is 2. The van der Waals surface area contributed by atoms with E-state index < -0.39 is 12.6 Å². The van der Waals surface area contributed by atoms with Gasteiger partial charge in [0.1, 0.15) is 5.75 Å². The van der Waals surface area contributed by atoms with Crippen molar-refractivity contribution in [2.45, 2.75) is 51.7 Å². The van der Waals surface area contributed by atoms with Crippen LogP contribution in [0, 0.1) is 0 Å². The highest BCUT2D eigenvalue weighted by Gasteiger charge is 2.26. The molecule has 2 nitrogen and oxygen atoms in total. The highest BCUT2D eigenvalue weighted by Crippen LogP contribution is 2.26. The van der Waals surface area contributed by atoms with Gasteiger partial charge in [0.05, 0.1) is 12.3 Å². The summed E-state index contributed by atoms with van der Waals surface area (Å²) in [5, 5.41) is 3.21. The minimum absolute atomic E-state index is 0.0243. The van der Waals surface area contributed by atoms with Crippen LogP contribution in [0.5, 0.6) is 5.75 Å². The third kappa shape index (κ3) is 6.68. The highest BCUT2D eigenvalue weighted by molar-refractivity contribution is 5.56. The van der Waals surface area contributed by atoms with Crippen molar-refractivity contribution in [1.29, 1.82) is 0 Å². The van der Waals surface area contributed by atoms with E-state index >= 15 is 0 Å². The van der Waals surface area contributed by atoms with Gasteiger partial charge >= 0.3 is 6.18 Å². The summed E-state index contributed by atoms with van der Waals surface area (Å²) in [7, 11) is 0. The average molecular weight is 289 g/mol. The number of anilines is 1. The predicted octanol–water partition coefficient (Wildman–Crippen LogP) is 5.01. The van der Waals surface area contributed by atoms with Crippen LogP contribution < -0.4 is 10.1 Å². The van der Waals surface area contributed by atoms with Gasteiger partial charge in [0.25, 0.3) is 0 Å². The topological polar surface area (TPSA) is 21.3 Å². The third-order valence-electron chi connectivity index (χ3n) is 2.85. The lowest BCUT2D eigenvalue weighted by atomic mass is 10.1. The molecule has 0 heterocycles. The number of rotatable bonds is 8. The third-order valence-corrected chi connectivity index (χ3v) is 2.85. The molecular weight excluding hydrogens is 267 g/mol. The molecule has 0 saturated carbocycles. The molecule has 5 heteroatoms. The summed E-state index contributed by atoms with van der Waals surface area (Å²) in [4.78, 5) is 0. The summed E-state index contributed by atoms with van der Waals surface area (Å²) >= 11 is 0. The number of halogens is 3. The number of hydrogen-bond donors (Lipinski definition) is 1. The van der Waals surface area contributed by atoms with E-state index in [1.807, 2.05) is 38.1 Å². The molecule has 1 rings (SSSR count). The largest absolute Gasteiger partial charge is 0.491 e. The van der Waals surface area contributed by atoms with E-state index in [4.69, 9.17) is 4.74 Å². The first-order chi connectivity index (χ1) is 9.42. The normalized spacial score (nSPS) is 13.1. The Morgan fingerprint density at radius 1 is 1.25 bits per heavy atom. The van der Waals surface area contributed by atoms with Crippen LogP contribution >= 0.6 is 0 Å². The molecule has 1 atom stereocenters. The Morgan fingerprint density at radius 3 is 2.60 bits per heavy atom. The molecule has 0 aliphatic carbocycles. The molecule has 1 aromatic carbocycles. The fourth-order valence-corrected chi connectivity index (χ4v) is 1.87. The molecule has 0 amide bonds. The van der Waals surface area contributed by atoms with Crippen molar-refractivity contribution in [1.82, 2.24) is 0 Å². The van der Waals surface area contributed by atoms with E-state index in [-0.39, 0.29) is 12.5 Å². The summed E-state index contributed by atoms with van der Waals surface area (Å²) in [5.74, 6) is 0.747. The van der Waals surface area contributed by atoms with Crippen LogP contribution in [0.1, 0.15) is 39.5 Å². The summed E-state index contributed by atoms with van der Waals surface area (Å²) < 4.78 is 41.9. The molecule has 0 bridgehead atoms. The van der Waals surface area contributed by atoms with Crippen LogP contribution in [0.15, 0.2) is 24.3 Å². The SMILES string of the molecule is CCCOc1ccccc1NC(C)CCCC(F)(F)F. The Hall–Kier alpha value is -1.39. The van der Waals surface area contributed by atoms with E-state index in [1.54, 1.807) is 0 Å². The number of hydrogen-bond acceptors (Lipinski definition) is 2.